The van der Waals surface area contributed by atoms with Crippen LogP contribution in [0.1, 0.15) is 43.5 Å². The maximum Gasteiger partial charge on any atom is 0.243 e. The highest BCUT2D eigenvalue weighted by Gasteiger charge is 2.30. The van der Waals surface area contributed by atoms with Crippen molar-refractivity contribution in [1.29, 1.82) is 0 Å². The number of likely N-dealkylation sites (N-methyl/N-ethyl adjacent to an activating group) is 1. The van der Waals surface area contributed by atoms with Crippen molar-refractivity contribution < 1.29 is 18.0 Å². The Morgan fingerprint density at radius 2 is 1.91 bits per heavy atom. The van der Waals surface area contributed by atoms with E-state index >= 15 is 0 Å². The number of hydrogen-bond acceptors (Lipinski definition) is 6. The zero-order chi connectivity index (χ0) is 24.6. The van der Waals surface area contributed by atoms with Gasteiger partial charge in [0.05, 0.1) is 11.4 Å². The predicted octanol–water partition coefficient (Wildman–Crippen LogP) is 1.67. The molecule has 0 spiro atoms. The second kappa shape index (κ2) is 9.69. The number of nitrogens with zero attached hydrogens (tertiary/aromatic N) is 5. The molecular weight excluding hydrogens is 468 g/mol. The van der Waals surface area contributed by atoms with Crippen LogP contribution in [-0.4, -0.2) is 70.9 Å². The van der Waals surface area contributed by atoms with Gasteiger partial charge in [0.1, 0.15) is 12.2 Å². The van der Waals surface area contributed by atoms with Crippen molar-refractivity contribution in [2.45, 2.75) is 56.4 Å². The third kappa shape index (κ3) is 5.40. The molecule has 188 valence electrons. The van der Waals surface area contributed by atoms with Crippen LogP contribution in [0.3, 0.4) is 0 Å². The van der Waals surface area contributed by atoms with Gasteiger partial charge in [-0.2, -0.15) is 4.31 Å². The second-order valence-corrected chi connectivity index (χ2v) is 12.0. The van der Waals surface area contributed by atoms with E-state index in [1.54, 1.807) is 17.0 Å². The molecule has 0 atom stereocenters. The van der Waals surface area contributed by atoms with Gasteiger partial charge in [0.25, 0.3) is 0 Å². The summed E-state index contributed by atoms with van der Waals surface area (Å²) in [6.45, 7) is 2.04. The van der Waals surface area contributed by atoms with E-state index < -0.39 is 10.0 Å². The summed E-state index contributed by atoms with van der Waals surface area (Å²) < 4.78 is 29.5. The summed E-state index contributed by atoms with van der Waals surface area (Å²) in [5.41, 5.74) is 1.44. The minimum Gasteiger partial charge on any atom is -0.342 e. The maximum atomic E-state index is 13.1. The van der Waals surface area contributed by atoms with Crippen molar-refractivity contribution in [2.75, 3.05) is 32.0 Å². The Bertz CT molecular complexity index is 1210. The summed E-state index contributed by atoms with van der Waals surface area (Å²) >= 11 is 0. The Hall–Kier alpha value is -2.79. The fraction of sp³-hybridized carbons (Fsp3) is 0.583. The summed E-state index contributed by atoms with van der Waals surface area (Å²) in [5, 5.41) is 11.2. The fourth-order valence-corrected chi connectivity index (χ4v) is 6.06. The first-order valence-electron chi connectivity index (χ1n) is 12.3. The van der Waals surface area contributed by atoms with E-state index in [-0.39, 0.29) is 23.3 Å². The first-order chi connectivity index (χ1) is 16.8. The number of sulfonamides is 1. The molecule has 1 N–H and O–H groups in total. The minimum absolute atomic E-state index is 0.0697. The van der Waals surface area contributed by atoms with Crippen LogP contribution in [0.4, 0.5) is 5.69 Å². The van der Waals surface area contributed by atoms with Crippen molar-refractivity contribution in [3.8, 4) is 0 Å². The molecule has 1 aromatic carbocycles. The molecule has 0 radical (unpaired) electrons. The highest BCUT2D eigenvalue weighted by Crippen LogP contribution is 2.31. The van der Waals surface area contributed by atoms with E-state index in [9.17, 15) is 18.0 Å². The summed E-state index contributed by atoms with van der Waals surface area (Å²) in [6, 6.07) is 4.69. The molecule has 3 heterocycles. The number of carbonyl (C=O) groups is 2. The molecule has 35 heavy (non-hydrogen) atoms. The molecule has 2 aliphatic heterocycles. The monoisotopic (exact) mass is 500 g/mol. The number of hydrogen-bond donors (Lipinski definition) is 1. The second-order valence-electron chi connectivity index (χ2n) is 10.00. The smallest absolute Gasteiger partial charge is 0.243 e. The van der Waals surface area contributed by atoms with Crippen LogP contribution in [0.25, 0.3) is 0 Å². The number of piperidine rings is 1. The van der Waals surface area contributed by atoms with Crippen molar-refractivity contribution in [2.24, 2.45) is 11.8 Å². The number of benzene rings is 1. The van der Waals surface area contributed by atoms with Gasteiger partial charge >= 0.3 is 0 Å². The van der Waals surface area contributed by atoms with E-state index in [1.807, 2.05) is 6.33 Å². The van der Waals surface area contributed by atoms with Crippen molar-refractivity contribution in [3.05, 3.63) is 35.9 Å². The van der Waals surface area contributed by atoms with Gasteiger partial charge in [0.2, 0.25) is 21.8 Å². The normalized spacial score (nSPS) is 19.0. The van der Waals surface area contributed by atoms with Crippen molar-refractivity contribution in [3.63, 3.8) is 0 Å². The number of anilines is 1. The lowest BCUT2D eigenvalue weighted by molar-refractivity contribution is -0.132. The Morgan fingerprint density at radius 1 is 1.14 bits per heavy atom. The zero-order valence-electron chi connectivity index (χ0n) is 20.0. The Morgan fingerprint density at radius 3 is 2.66 bits per heavy atom. The number of fused-ring (bicyclic) bond motifs is 1. The first-order valence-corrected chi connectivity index (χ1v) is 13.8. The number of carbonyl (C=O) groups excluding carboxylic acids is 2. The van der Waals surface area contributed by atoms with Crippen LogP contribution in [0.15, 0.2) is 29.4 Å². The molecule has 2 fully saturated rings. The first kappa shape index (κ1) is 23.9. The molecular formula is C24H32N6O4S. The zero-order valence-corrected chi connectivity index (χ0v) is 20.8. The average Bonchev–Trinajstić information content (AvgIpc) is 3.56. The molecule has 2 aromatic rings. The van der Waals surface area contributed by atoms with Crippen LogP contribution in [0.2, 0.25) is 0 Å². The molecule has 1 saturated carbocycles. The molecule has 1 aromatic heterocycles. The van der Waals surface area contributed by atoms with Crippen molar-refractivity contribution in [1.82, 2.24) is 24.0 Å². The average molecular weight is 501 g/mol. The van der Waals surface area contributed by atoms with Crippen LogP contribution < -0.4 is 5.32 Å². The standard InChI is InChI=1S/C24H32N6O4S/c1-28(35(33,34)20-5-6-21-19(13-20)4-7-23(31)26-21)15-24(32)29-10-8-17(9-11-29)12-22-27-25-16-30(22)14-18-2-3-18/h5-6,13,16-18H,2-4,7-12,14-15H2,1H3,(H,26,31). The van der Waals surface area contributed by atoms with E-state index in [0.29, 0.717) is 37.5 Å². The molecule has 0 bridgehead atoms. The van der Waals surface area contributed by atoms with Gasteiger partial charge in [-0.25, -0.2) is 8.42 Å². The lowest BCUT2D eigenvalue weighted by atomic mass is 9.93. The number of rotatable bonds is 8. The Kier molecular flexibility index (Phi) is 6.63. The number of aryl methyl sites for hydroxylation is 1. The molecule has 5 rings (SSSR count). The third-order valence-electron chi connectivity index (χ3n) is 7.32. The van der Waals surface area contributed by atoms with Gasteiger partial charge in [-0.1, -0.05) is 0 Å². The predicted molar refractivity (Wildman–Crippen MR) is 129 cm³/mol. The Labute approximate surface area is 205 Å². The molecule has 11 heteroatoms. The summed E-state index contributed by atoms with van der Waals surface area (Å²) in [4.78, 5) is 26.4. The highest BCUT2D eigenvalue weighted by atomic mass is 32.2. The van der Waals surface area contributed by atoms with Gasteiger partial charge in [-0.05, 0) is 67.7 Å². The molecule has 2 amide bonds. The summed E-state index contributed by atoms with van der Waals surface area (Å²) in [5.74, 6) is 1.98. The number of likely N-dealkylation sites (tertiary alicyclic amines) is 1. The maximum absolute atomic E-state index is 13.1. The Balaban J connectivity index is 1.14. The van der Waals surface area contributed by atoms with Crippen LogP contribution >= 0.6 is 0 Å². The van der Waals surface area contributed by atoms with Crippen LogP contribution in [0, 0.1) is 11.8 Å². The minimum atomic E-state index is -3.82. The van der Waals surface area contributed by atoms with Gasteiger partial charge in [-0.3, -0.25) is 9.59 Å². The van der Waals surface area contributed by atoms with Crippen LogP contribution in [-0.2, 0) is 39.0 Å². The SMILES string of the molecule is CN(CC(=O)N1CCC(Cc2nncn2CC2CC2)CC1)S(=O)(=O)c1ccc2c(c1)CCC(=O)N2. The lowest BCUT2D eigenvalue weighted by Crippen LogP contribution is -2.44. The van der Waals surface area contributed by atoms with E-state index in [1.165, 1.54) is 26.0 Å². The summed E-state index contributed by atoms with van der Waals surface area (Å²) in [7, 11) is -2.38. The van der Waals surface area contributed by atoms with Gasteiger partial charge in [-0.15, -0.1) is 10.2 Å². The van der Waals surface area contributed by atoms with Crippen molar-refractivity contribution >= 4 is 27.5 Å². The molecule has 10 nitrogen and oxygen atoms in total. The van der Waals surface area contributed by atoms with Gasteiger partial charge in [0, 0.05) is 45.2 Å². The molecule has 3 aliphatic rings. The quantitative estimate of drug-likeness (QED) is 0.589. The number of nitrogens with one attached hydrogen (secondary N) is 1. The van der Waals surface area contributed by atoms with Gasteiger partial charge < -0.3 is 14.8 Å². The van der Waals surface area contributed by atoms with E-state index in [2.05, 4.69) is 20.1 Å². The van der Waals surface area contributed by atoms with E-state index in [0.717, 1.165) is 47.4 Å². The van der Waals surface area contributed by atoms with Crippen LogP contribution in [0.5, 0.6) is 0 Å². The third-order valence-corrected chi connectivity index (χ3v) is 9.12. The summed E-state index contributed by atoms with van der Waals surface area (Å²) in [6.07, 6.45) is 7.83. The number of amides is 2. The lowest BCUT2D eigenvalue weighted by Gasteiger charge is -2.33. The molecule has 1 saturated heterocycles. The number of aromatic nitrogens is 3. The molecule has 1 aliphatic carbocycles. The molecule has 0 unspecified atom stereocenters. The fourth-order valence-electron chi connectivity index (χ4n) is 4.89. The largest absolute Gasteiger partial charge is 0.342 e. The highest BCUT2D eigenvalue weighted by molar-refractivity contribution is 7.89. The topological polar surface area (TPSA) is 118 Å². The van der Waals surface area contributed by atoms with Gasteiger partial charge in [0.15, 0.2) is 0 Å². The van der Waals surface area contributed by atoms with E-state index in [4.69, 9.17) is 0 Å².